The van der Waals surface area contributed by atoms with Gasteiger partial charge in [0.2, 0.25) is 0 Å². The first-order valence-corrected chi connectivity index (χ1v) is 6.52. The minimum Gasteiger partial charge on any atom is -0.376 e. The van der Waals surface area contributed by atoms with E-state index in [-0.39, 0.29) is 12.1 Å². The van der Waals surface area contributed by atoms with E-state index in [0.29, 0.717) is 12.0 Å². The third-order valence-corrected chi connectivity index (χ3v) is 4.00. The Morgan fingerprint density at radius 1 is 1.41 bits per heavy atom. The highest BCUT2D eigenvalue weighted by atomic mass is 16.5. The standard InChI is InChI=1S/C12H23N3O2/c1-13-11(16)15-8-10-2-3-12(9-17-10)4-6-14-7-5-12/h10,14H,2-9H2,1H3,(H2,13,15,16). The first kappa shape index (κ1) is 12.6. The fraction of sp³-hybridized carbons (Fsp3) is 0.917. The van der Waals surface area contributed by atoms with Crippen LogP contribution in [0, 0.1) is 5.41 Å². The topological polar surface area (TPSA) is 62.4 Å². The molecule has 1 atom stereocenters. The third-order valence-electron chi connectivity index (χ3n) is 4.00. The first-order valence-electron chi connectivity index (χ1n) is 6.52. The molecule has 0 radical (unpaired) electrons. The number of urea groups is 1. The maximum Gasteiger partial charge on any atom is 0.314 e. The van der Waals surface area contributed by atoms with Gasteiger partial charge in [0.15, 0.2) is 0 Å². The molecule has 5 nitrogen and oxygen atoms in total. The molecule has 1 spiro atoms. The van der Waals surface area contributed by atoms with Crippen LogP contribution in [-0.2, 0) is 4.74 Å². The van der Waals surface area contributed by atoms with E-state index < -0.39 is 0 Å². The van der Waals surface area contributed by atoms with E-state index in [4.69, 9.17) is 4.74 Å². The van der Waals surface area contributed by atoms with Crippen LogP contribution in [0.5, 0.6) is 0 Å². The summed E-state index contributed by atoms with van der Waals surface area (Å²) in [5.41, 5.74) is 0.411. The molecule has 5 heteroatoms. The van der Waals surface area contributed by atoms with Gasteiger partial charge in [-0.05, 0) is 44.2 Å². The average Bonchev–Trinajstić information content (AvgIpc) is 2.39. The molecule has 1 unspecified atom stereocenters. The molecule has 2 aliphatic heterocycles. The van der Waals surface area contributed by atoms with Gasteiger partial charge in [-0.3, -0.25) is 0 Å². The van der Waals surface area contributed by atoms with Crippen molar-refractivity contribution in [2.45, 2.75) is 31.8 Å². The zero-order chi connectivity index (χ0) is 12.1. The monoisotopic (exact) mass is 241 g/mol. The Labute approximate surface area is 103 Å². The molecule has 0 saturated carbocycles. The van der Waals surface area contributed by atoms with E-state index in [2.05, 4.69) is 16.0 Å². The van der Waals surface area contributed by atoms with Gasteiger partial charge in [0.25, 0.3) is 0 Å². The molecule has 0 aromatic carbocycles. The molecule has 0 aromatic rings. The van der Waals surface area contributed by atoms with Crippen LogP contribution < -0.4 is 16.0 Å². The highest BCUT2D eigenvalue weighted by molar-refractivity contribution is 5.73. The van der Waals surface area contributed by atoms with E-state index in [1.54, 1.807) is 7.05 Å². The number of carbonyl (C=O) groups excluding carboxylic acids is 1. The zero-order valence-electron chi connectivity index (χ0n) is 10.6. The summed E-state index contributed by atoms with van der Waals surface area (Å²) in [7, 11) is 1.63. The predicted molar refractivity (Wildman–Crippen MR) is 66.0 cm³/mol. The molecule has 2 rings (SSSR count). The van der Waals surface area contributed by atoms with Gasteiger partial charge < -0.3 is 20.7 Å². The Morgan fingerprint density at radius 2 is 2.18 bits per heavy atom. The Bertz CT molecular complexity index is 254. The average molecular weight is 241 g/mol. The smallest absolute Gasteiger partial charge is 0.314 e. The second kappa shape index (κ2) is 5.69. The highest BCUT2D eigenvalue weighted by Gasteiger charge is 2.36. The summed E-state index contributed by atoms with van der Waals surface area (Å²) >= 11 is 0. The second-order valence-electron chi connectivity index (χ2n) is 5.18. The summed E-state index contributed by atoms with van der Waals surface area (Å²) in [6.07, 6.45) is 4.93. The van der Waals surface area contributed by atoms with Crippen molar-refractivity contribution in [1.29, 1.82) is 0 Å². The fourth-order valence-corrected chi connectivity index (χ4v) is 2.72. The molecular formula is C12H23N3O2. The van der Waals surface area contributed by atoms with Gasteiger partial charge in [0.05, 0.1) is 12.7 Å². The lowest BCUT2D eigenvalue weighted by molar-refractivity contribution is -0.0718. The number of hydrogen-bond donors (Lipinski definition) is 3. The second-order valence-corrected chi connectivity index (χ2v) is 5.18. The number of ether oxygens (including phenoxy) is 1. The van der Waals surface area contributed by atoms with Gasteiger partial charge in [-0.25, -0.2) is 4.79 Å². The van der Waals surface area contributed by atoms with Crippen molar-refractivity contribution in [3.05, 3.63) is 0 Å². The number of nitrogens with one attached hydrogen (secondary N) is 3. The summed E-state index contributed by atoms with van der Waals surface area (Å²) < 4.78 is 5.90. The quantitative estimate of drug-likeness (QED) is 0.658. The summed E-state index contributed by atoms with van der Waals surface area (Å²) in [5.74, 6) is 0. The molecule has 3 N–H and O–H groups in total. The summed E-state index contributed by atoms with van der Waals surface area (Å²) in [4.78, 5) is 11.1. The maximum absolute atomic E-state index is 11.1. The van der Waals surface area contributed by atoms with Crippen molar-refractivity contribution in [2.24, 2.45) is 5.41 Å². The van der Waals surface area contributed by atoms with Crippen molar-refractivity contribution in [2.75, 3.05) is 33.3 Å². The highest BCUT2D eigenvalue weighted by Crippen LogP contribution is 2.38. The van der Waals surface area contributed by atoms with Crippen molar-refractivity contribution >= 4 is 6.03 Å². The number of hydrogen-bond acceptors (Lipinski definition) is 3. The van der Waals surface area contributed by atoms with Crippen LogP contribution in [0.2, 0.25) is 0 Å². The Hall–Kier alpha value is -0.810. The Kier molecular flexibility index (Phi) is 4.23. The summed E-state index contributed by atoms with van der Waals surface area (Å²) in [6, 6.07) is -0.129. The molecule has 2 fully saturated rings. The minimum absolute atomic E-state index is 0.129. The van der Waals surface area contributed by atoms with Crippen LogP contribution in [-0.4, -0.2) is 45.4 Å². The molecule has 0 aliphatic carbocycles. The van der Waals surface area contributed by atoms with Gasteiger partial charge in [0, 0.05) is 13.6 Å². The summed E-state index contributed by atoms with van der Waals surface area (Å²) in [6.45, 7) is 3.71. The lowest BCUT2D eigenvalue weighted by Gasteiger charge is -2.43. The minimum atomic E-state index is -0.129. The van der Waals surface area contributed by atoms with Gasteiger partial charge in [-0.1, -0.05) is 0 Å². The molecule has 2 amide bonds. The molecule has 2 heterocycles. The first-order chi connectivity index (χ1) is 8.24. The van der Waals surface area contributed by atoms with Crippen molar-refractivity contribution < 1.29 is 9.53 Å². The van der Waals surface area contributed by atoms with Gasteiger partial charge in [-0.15, -0.1) is 0 Å². The Morgan fingerprint density at radius 3 is 2.76 bits per heavy atom. The normalized spacial score (nSPS) is 27.7. The van der Waals surface area contributed by atoms with E-state index in [1.807, 2.05) is 0 Å². The SMILES string of the molecule is CNC(=O)NCC1CCC2(CCNCC2)CO1. The largest absolute Gasteiger partial charge is 0.376 e. The van der Waals surface area contributed by atoms with E-state index in [0.717, 1.165) is 26.1 Å². The van der Waals surface area contributed by atoms with Crippen LogP contribution in [0.15, 0.2) is 0 Å². The molecule has 0 bridgehead atoms. The van der Waals surface area contributed by atoms with Gasteiger partial charge in [0.1, 0.15) is 0 Å². The van der Waals surface area contributed by atoms with Gasteiger partial charge in [-0.2, -0.15) is 0 Å². The van der Waals surface area contributed by atoms with E-state index in [1.165, 1.54) is 19.3 Å². The van der Waals surface area contributed by atoms with Crippen LogP contribution >= 0.6 is 0 Å². The molecule has 2 aliphatic rings. The maximum atomic E-state index is 11.1. The third kappa shape index (κ3) is 3.33. The molecule has 0 aromatic heterocycles. The fourth-order valence-electron chi connectivity index (χ4n) is 2.72. The number of carbonyl (C=O) groups is 1. The van der Waals surface area contributed by atoms with Gasteiger partial charge >= 0.3 is 6.03 Å². The zero-order valence-corrected chi connectivity index (χ0v) is 10.6. The van der Waals surface area contributed by atoms with E-state index >= 15 is 0 Å². The molecule has 2 saturated heterocycles. The van der Waals surface area contributed by atoms with Crippen LogP contribution in [0.25, 0.3) is 0 Å². The predicted octanol–water partition coefficient (Wildman–Crippen LogP) is 0.464. The Balaban J connectivity index is 1.72. The van der Waals surface area contributed by atoms with E-state index in [9.17, 15) is 4.79 Å². The number of piperidine rings is 1. The van der Waals surface area contributed by atoms with Crippen molar-refractivity contribution in [3.8, 4) is 0 Å². The lowest BCUT2D eigenvalue weighted by Crippen LogP contribution is -2.47. The lowest BCUT2D eigenvalue weighted by atomic mass is 9.74. The number of rotatable bonds is 2. The van der Waals surface area contributed by atoms with Crippen molar-refractivity contribution in [1.82, 2.24) is 16.0 Å². The molecule has 98 valence electrons. The molecule has 17 heavy (non-hydrogen) atoms. The van der Waals surface area contributed by atoms with Crippen LogP contribution in [0.1, 0.15) is 25.7 Å². The summed E-state index contributed by atoms with van der Waals surface area (Å²) in [5, 5.41) is 8.75. The van der Waals surface area contributed by atoms with Crippen LogP contribution in [0.3, 0.4) is 0 Å². The number of amides is 2. The molecular weight excluding hydrogens is 218 g/mol. The van der Waals surface area contributed by atoms with Crippen LogP contribution in [0.4, 0.5) is 4.79 Å². The van der Waals surface area contributed by atoms with Crippen molar-refractivity contribution in [3.63, 3.8) is 0 Å².